The Labute approximate surface area is 102 Å². The van der Waals surface area contributed by atoms with E-state index in [4.69, 9.17) is 5.26 Å². The van der Waals surface area contributed by atoms with Gasteiger partial charge in [0.15, 0.2) is 0 Å². The van der Waals surface area contributed by atoms with Gasteiger partial charge in [0.1, 0.15) is 0 Å². The Balaban J connectivity index is 2.30. The Hall–Kier alpha value is -2.02. The summed E-state index contributed by atoms with van der Waals surface area (Å²) < 4.78 is 0. The predicted octanol–water partition coefficient (Wildman–Crippen LogP) is 1.76. The second-order valence-electron chi connectivity index (χ2n) is 4.49. The fourth-order valence-corrected chi connectivity index (χ4v) is 1.16. The number of amides is 1. The average Bonchev–Trinajstić information content (AvgIpc) is 2.35. The van der Waals surface area contributed by atoms with E-state index in [9.17, 15) is 4.79 Å². The molecular weight excluding hydrogens is 214 g/mol. The summed E-state index contributed by atoms with van der Waals surface area (Å²) in [5.41, 5.74) is 0.379. The minimum Gasteiger partial charge on any atom is -0.376 e. The van der Waals surface area contributed by atoms with Crippen LogP contribution in [0.25, 0.3) is 0 Å². The largest absolute Gasteiger partial charge is 0.376 e. The lowest BCUT2D eigenvalue weighted by molar-refractivity contribution is -0.119. The maximum atomic E-state index is 11.5. The average molecular weight is 231 g/mol. The summed E-state index contributed by atoms with van der Waals surface area (Å²) in [7, 11) is 0. The topological polar surface area (TPSA) is 64.9 Å². The monoisotopic (exact) mass is 231 g/mol. The molecule has 0 saturated carbocycles. The van der Waals surface area contributed by atoms with Crippen molar-refractivity contribution in [3.8, 4) is 6.07 Å². The summed E-state index contributed by atoms with van der Waals surface area (Å²) in [5, 5.41) is 14.5. The van der Waals surface area contributed by atoms with Crippen LogP contribution in [-0.4, -0.2) is 19.0 Å². The number of nitriles is 1. The first-order chi connectivity index (χ1) is 8.03. The van der Waals surface area contributed by atoms with Crippen LogP contribution >= 0.6 is 0 Å². The van der Waals surface area contributed by atoms with Gasteiger partial charge in [0.05, 0.1) is 18.0 Å². The van der Waals surface area contributed by atoms with Crippen LogP contribution in [0.2, 0.25) is 0 Å². The van der Waals surface area contributed by atoms with E-state index in [0.29, 0.717) is 6.54 Å². The standard InChI is InChI=1S/C13H17N3O/c1-13(2,9-14)10-16-12(17)8-15-11-6-4-3-5-7-11/h3-7,15H,8,10H2,1-2H3,(H,16,17). The fraction of sp³-hybridized carbons (Fsp3) is 0.385. The molecule has 1 amide bonds. The van der Waals surface area contributed by atoms with Gasteiger partial charge in [-0.3, -0.25) is 4.79 Å². The number of hydrogen-bond acceptors (Lipinski definition) is 3. The number of para-hydroxylation sites is 1. The fourth-order valence-electron chi connectivity index (χ4n) is 1.16. The number of nitrogens with one attached hydrogen (secondary N) is 2. The maximum absolute atomic E-state index is 11.5. The van der Waals surface area contributed by atoms with Crippen LogP contribution in [0.5, 0.6) is 0 Å². The van der Waals surface area contributed by atoms with Crippen molar-refractivity contribution in [3.63, 3.8) is 0 Å². The quantitative estimate of drug-likeness (QED) is 0.811. The van der Waals surface area contributed by atoms with E-state index in [1.54, 1.807) is 13.8 Å². The van der Waals surface area contributed by atoms with Gasteiger partial charge in [-0.15, -0.1) is 0 Å². The summed E-state index contributed by atoms with van der Waals surface area (Å²) in [5.74, 6) is -0.114. The van der Waals surface area contributed by atoms with Crippen LogP contribution in [-0.2, 0) is 4.79 Å². The Bertz CT molecular complexity index is 406. The molecule has 0 aliphatic rings. The molecule has 2 N–H and O–H groups in total. The first kappa shape index (κ1) is 13.0. The second kappa shape index (κ2) is 5.90. The summed E-state index contributed by atoms with van der Waals surface area (Å²) in [6, 6.07) is 11.6. The number of carbonyl (C=O) groups is 1. The van der Waals surface area contributed by atoms with Crippen molar-refractivity contribution < 1.29 is 4.79 Å². The Morgan fingerprint density at radius 3 is 2.59 bits per heavy atom. The zero-order chi connectivity index (χ0) is 12.7. The summed E-state index contributed by atoms with van der Waals surface area (Å²) in [4.78, 5) is 11.5. The lowest BCUT2D eigenvalue weighted by Crippen LogP contribution is -2.36. The Morgan fingerprint density at radius 2 is 2.00 bits per heavy atom. The summed E-state index contributed by atoms with van der Waals surface area (Å²) in [6.45, 7) is 4.15. The molecule has 0 spiro atoms. The van der Waals surface area contributed by atoms with Gasteiger partial charge in [0.2, 0.25) is 5.91 Å². The number of nitrogens with zero attached hydrogens (tertiary/aromatic N) is 1. The molecule has 1 aromatic carbocycles. The van der Waals surface area contributed by atoms with Gasteiger partial charge in [-0.05, 0) is 26.0 Å². The SMILES string of the molecule is CC(C)(C#N)CNC(=O)CNc1ccccc1. The Kier molecular flexibility index (Phi) is 4.53. The van der Waals surface area contributed by atoms with Gasteiger partial charge in [-0.2, -0.15) is 5.26 Å². The smallest absolute Gasteiger partial charge is 0.239 e. The third kappa shape index (κ3) is 5.03. The zero-order valence-corrected chi connectivity index (χ0v) is 10.2. The summed E-state index contributed by atoms with van der Waals surface area (Å²) in [6.07, 6.45) is 0. The molecule has 4 nitrogen and oxygen atoms in total. The first-order valence-electron chi connectivity index (χ1n) is 5.50. The van der Waals surface area contributed by atoms with Crippen LogP contribution in [0.4, 0.5) is 5.69 Å². The van der Waals surface area contributed by atoms with Crippen molar-refractivity contribution in [1.29, 1.82) is 5.26 Å². The van der Waals surface area contributed by atoms with E-state index in [1.165, 1.54) is 0 Å². The first-order valence-corrected chi connectivity index (χ1v) is 5.50. The molecule has 0 heterocycles. The van der Waals surface area contributed by atoms with Crippen LogP contribution in [0, 0.1) is 16.7 Å². The van der Waals surface area contributed by atoms with Crippen molar-refractivity contribution >= 4 is 11.6 Å². The van der Waals surface area contributed by atoms with Crippen molar-refractivity contribution in [2.24, 2.45) is 5.41 Å². The maximum Gasteiger partial charge on any atom is 0.239 e. The molecule has 0 fully saturated rings. The highest BCUT2D eigenvalue weighted by Crippen LogP contribution is 2.10. The van der Waals surface area contributed by atoms with Crippen molar-refractivity contribution in [1.82, 2.24) is 5.32 Å². The molecule has 0 saturated heterocycles. The molecule has 1 rings (SSSR count). The predicted molar refractivity (Wildman–Crippen MR) is 67.3 cm³/mol. The van der Waals surface area contributed by atoms with Crippen LogP contribution in [0.1, 0.15) is 13.8 Å². The van der Waals surface area contributed by atoms with Gasteiger partial charge in [-0.25, -0.2) is 0 Å². The van der Waals surface area contributed by atoms with E-state index >= 15 is 0 Å². The van der Waals surface area contributed by atoms with E-state index < -0.39 is 5.41 Å². The molecular formula is C13H17N3O. The van der Waals surface area contributed by atoms with Crippen molar-refractivity contribution in [2.45, 2.75) is 13.8 Å². The second-order valence-corrected chi connectivity index (χ2v) is 4.49. The number of hydrogen-bond donors (Lipinski definition) is 2. The highest BCUT2D eigenvalue weighted by atomic mass is 16.1. The number of rotatable bonds is 5. The van der Waals surface area contributed by atoms with Crippen LogP contribution in [0.15, 0.2) is 30.3 Å². The molecule has 0 atom stereocenters. The van der Waals surface area contributed by atoms with Crippen LogP contribution in [0.3, 0.4) is 0 Å². The number of benzene rings is 1. The molecule has 0 radical (unpaired) electrons. The van der Waals surface area contributed by atoms with E-state index in [-0.39, 0.29) is 12.5 Å². The van der Waals surface area contributed by atoms with Crippen molar-refractivity contribution in [3.05, 3.63) is 30.3 Å². The van der Waals surface area contributed by atoms with E-state index in [1.807, 2.05) is 30.3 Å². The van der Waals surface area contributed by atoms with Gasteiger partial charge in [-0.1, -0.05) is 18.2 Å². The molecule has 17 heavy (non-hydrogen) atoms. The van der Waals surface area contributed by atoms with Gasteiger partial charge < -0.3 is 10.6 Å². The zero-order valence-electron chi connectivity index (χ0n) is 10.2. The molecule has 0 aromatic heterocycles. The van der Waals surface area contributed by atoms with E-state index in [2.05, 4.69) is 16.7 Å². The summed E-state index contributed by atoms with van der Waals surface area (Å²) >= 11 is 0. The van der Waals surface area contributed by atoms with Crippen molar-refractivity contribution in [2.75, 3.05) is 18.4 Å². The molecule has 0 aliphatic carbocycles. The molecule has 0 aliphatic heterocycles. The highest BCUT2D eigenvalue weighted by Gasteiger charge is 2.17. The number of anilines is 1. The minimum absolute atomic E-state index is 0.114. The third-order valence-corrected chi connectivity index (χ3v) is 2.26. The Morgan fingerprint density at radius 1 is 1.35 bits per heavy atom. The molecule has 90 valence electrons. The van der Waals surface area contributed by atoms with E-state index in [0.717, 1.165) is 5.69 Å². The molecule has 0 unspecified atom stereocenters. The van der Waals surface area contributed by atoms with Gasteiger partial charge in [0, 0.05) is 12.2 Å². The van der Waals surface area contributed by atoms with Gasteiger partial charge in [0.25, 0.3) is 0 Å². The lowest BCUT2D eigenvalue weighted by Gasteiger charge is -2.16. The van der Waals surface area contributed by atoms with Crippen LogP contribution < -0.4 is 10.6 Å². The molecule has 1 aromatic rings. The number of carbonyl (C=O) groups excluding carboxylic acids is 1. The lowest BCUT2D eigenvalue weighted by atomic mass is 9.96. The minimum atomic E-state index is -0.525. The highest BCUT2D eigenvalue weighted by molar-refractivity contribution is 5.80. The normalized spacial score (nSPS) is 10.4. The molecule has 4 heteroatoms. The van der Waals surface area contributed by atoms with Gasteiger partial charge >= 0.3 is 0 Å². The molecule has 0 bridgehead atoms. The third-order valence-electron chi connectivity index (χ3n) is 2.26.